The average molecular weight is 211 g/mol. The van der Waals surface area contributed by atoms with Crippen molar-refractivity contribution in [2.45, 2.75) is 19.3 Å². The van der Waals surface area contributed by atoms with Crippen LogP contribution in [-0.4, -0.2) is 24.6 Å². The Morgan fingerprint density at radius 3 is 3.29 bits per heavy atom. The van der Waals surface area contributed by atoms with E-state index in [1.54, 1.807) is 11.3 Å². The molecule has 1 aromatic rings. The second-order valence-corrected chi connectivity index (χ2v) is 4.78. The molecule has 1 atom stereocenters. The van der Waals surface area contributed by atoms with E-state index in [2.05, 4.69) is 15.7 Å². The lowest BCUT2D eigenvalue weighted by molar-refractivity contribution is 0.577. The van der Waals surface area contributed by atoms with Gasteiger partial charge < -0.3 is 11.1 Å². The van der Waals surface area contributed by atoms with Gasteiger partial charge in [0.2, 0.25) is 0 Å². The number of rotatable bonds is 4. The highest BCUT2D eigenvalue weighted by Gasteiger charge is 2.16. The van der Waals surface area contributed by atoms with Crippen molar-refractivity contribution in [1.29, 1.82) is 0 Å². The Labute approximate surface area is 88.7 Å². The quantitative estimate of drug-likeness (QED) is 0.774. The zero-order valence-electron chi connectivity index (χ0n) is 8.33. The van der Waals surface area contributed by atoms with Crippen LogP contribution in [0, 0.1) is 5.92 Å². The van der Waals surface area contributed by atoms with Gasteiger partial charge >= 0.3 is 0 Å². The summed E-state index contributed by atoms with van der Waals surface area (Å²) in [6, 6.07) is 0. The van der Waals surface area contributed by atoms with Gasteiger partial charge in [0, 0.05) is 18.2 Å². The van der Waals surface area contributed by atoms with E-state index in [9.17, 15) is 0 Å². The number of hydrogen-bond donors (Lipinski definition) is 2. The lowest BCUT2D eigenvalue weighted by atomic mass is 10.1. The molecule has 0 spiro atoms. The van der Waals surface area contributed by atoms with Gasteiger partial charge in [-0.15, -0.1) is 11.3 Å². The fourth-order valence-corrected chi connectivity index (χ4v) is 2.79. The van der Waals surface area contributed by atoms with Gasteiger partial charge in [0.05, 0.1) is 10.7 Å². The molecule has 1 aromatic heterocycles. The number of hydrogen-bond acceptors (Lipinski definition) is 4. The van der Waals surface area contributed by atoms with Gasteiger partial charge in [-0.25, -0.2) is 4.98 Å². The molecule has 0 saturated carbocycles. The Bertz CT molecular complexity index is 279. The first-order chi connectivity index (χ1) is 6.88. The SMILES string of the molecule is NCCc1csc(CC2CCNC2)n1. The minimum absolute atomic E-state index is 0.703. The largest absolute Gasteiger partial charge is 0.330 e. The zero-order chi connectivity index (χ0) is 9.80. The molecule has 2 heterocycles. The van der Waals surface area contributed by atoms with Crippen molar-refractivity contribution in [3.8, 4) is 0 Å². The van der Waals surface area contributed by atoms with E-state index < -0.39 is 0 Å². The highest BCUT2D eigenvalue weighted by atomic mass is 32.1. The Morgan fingerprint density at radius 1 is 1.64 bits per heavy atom. The summed E-state index contributed by atoms with van der Waals surface area (Å²) in [6.45, 7) is 3.03. The van der Waals surface area contributed by atoms with Gasteiger partial charge in [0.15, 0.2) is 0 Å². The monoisotopic (exact) mass is 211 g/mol. The summed E-state index contributed by atoms with van der Waals surface area (Å²) in [6.07, 6.45) is 3.35. The van der Waals surface area contributed by atoms with E-state index in [1.807, 2.05) is 0 Å². The van der Waals surface area contributed by atoms with Crippen LogP contribution in [0.1, 0.15) is 17.1 Å². The molecule has 1 unspecified atom stereocenters. The first-order valence-corrected chi connectivity index (χ1v) is 6.10. The molecule has 0 aliphatic carbocycles. The van der Waals surface area contributed by atoms with Crippen molar-refractivity contribution in [2.75, 3.05) is 19.6 Å². The third-order valence-electron chi connectivity index (χ3n) is 2.63. The fourth-order valence-electron chi connectivity index (χ4n) is 1.84. The molecule has 3 nitrogen and oxygen atoms in total. The van der Waals surface area contributed by atoms with Gasteiger partial charge in [-0.3, -0.25) is 0 Å². The molecule has 14 heavy (non-hydrogen) atoms. The summed E-state index contributed by atoms with van der Waals surface area (Å²) in [7, 11) is 0. The minimum atomic E-state index is 0.703. The van der Waals surface area contributed by atoms with Crippen LogP contribution in [-0.2, 0) is 12.8 Å². The van der Waals surface area contributed by atoms with E-state index in [0.717, 1.165) is 25.3 Å². The maximum absolute atomic E-state index is 5.49. The van der Waals surface area contributed by atoms with Gasteiger partial charge in [0.25, 0.3) is 0 Å². The maximum Gasteiger partial charge on any atom is 0.0931 e. The zero-order valence-corrected chi connectivity index (χ0v) is 9.15. The molecule has 1 aliphatic rings. The van der Waals surface area contributed by atoms with Crippen LogP contribution in [0.2, 0.25) is 0 Å². The van der Waals surface area contributed by atoms with Crippen molar-refractivity contribution in [3.05, 3.63) is 16.1 Å². The molecule has 1 fully saturated rings. The predicted octanol–water partition coefficient (Wildman–Crippen LogP) is 0.796. The summed E-state index contributed by atoms with van der Waals surface area (Å²) in [5.41, 5.74) is 6.65. The Hall–Kier alpha value is -0.450. The van der Waals surface area contributed by atoms with Crippen LogP contribution < -0.4 is 11.1 Å². The molecule has 0 amide bonds. The van der Waals surface area contributed by atoms with Crippen LogP contribution in [0.5, 0.6) is 0 Å². The molecule has 78 valence electrons. The Balaban J connectivity index is 1.88. The third-order valence-corrected chi connectivity index (χ3v) is 3.55. The van der Waals surface area contributed by atoms with Crippen molar-refractivity contribution in [1.82, 2.24) is 10.3 Å². The first kappa shape index (κ1) is 10.1. The highest BCUT2D eigenvalue weighted by molar-refractivity contribution is 7.09. The highest BCUT2D eigenvalue weighted by Crippen LogP contribution is 2.18. The third kappa shape index (κ3) is 2.53. The van der Waals surface area contributed by atoms with Gasteiger partial charge in [0.1, 0.15) is 0 Å². The molecule has 2 rings (SSSR count). The van der Waals surface area contributed by atoms with Gasteiger partial charge in [-0.2, -0.15) is 0 Å². The molecule has 3 N–H and O–H groups in total. The molecular weight excluding hydrogens is 194 g/mol. The summed E-state index contributed by atoms with van der Waals surface area (Å²) >= 11 is 1.78. The number of nitrogens with zero attached hydrogens (tertiary/aromatic N) is 1. The average Bonchev–Trinajstić information content (AvgIpc) is 2.79. The second-order valence-electron chi connectivity index (χ2n) is 3.83. The molecule has 0 bridgehead atoms. The van der Waals surface area contributed by atoms with Gasteiger partial charge in [-0.05, 0) is 32.0 Å². The second kappa shape index (κ2) is 4.87. The number of aromatic nitrogens is 1. The molecule has 0 radical (unpaired) electrons. The van der Waals surface area contributed by atoms with E-state index >= 15 is 0 Å². The summed E-state index contributed by atoms with van der Waals surface area (Å²) < 4.78 is 0. The van der Waals surface area contributed by atoms with Crippen molar-refractivity contribution in [3.63, 3.8) is 0 Å². The number of nitrogens with one attached hydrogen (secondary N) is 1. The van der Waals surface area contributed by atoms with E-state index in [-0.39, 0.29) is 0 Å². The van der Waals surface area contributed by atoms with Crippen LogP contribution in [0.15, 0.2) is 5.38 Å². The van der Waals surface area contributed by atoms with Crippen LogP contribution >= 0.6 is 11.3 Å². The lowest BCUT2D eigenvalue weighted by Crippen LogP contribution is -2.10. The fraction of sp³-hybridized carbons (Fsp3) is 0.700. The molecule has 4 heteroatoms. The van der Waals surface area contributed by atoms with E-state index in [4.69, 9.17) is 5.73 Å². The topological polar surface area (TPSA) is 50.9 Å². The van der Waals surface area contributed by atoms with Crippen molar-refractivity contribution < 1.29 is 0 Å². The number of nitrogens with two attached hydrogens (primary N) is 1. The first-order valence-electron chi connectivity index (χ1n) is 5.22. The van der Waals surface area contributed by atoms with Crippen molar-refractivity contribution in [2.24, 2.45) is 11.7 Å². The summed E-state index contributed by atoms with van der Waals surface area (Å²) in [5.74, 6) is 0.798. The molecule has 1 saturated heterocycles. The van der Waals surface area contributed by atoms with Crippen LogP contribution in [0.4, 0.5) is 0 Å². The predicted molar refractivity (Wildman–Crippen MR) is 59.6 cm³/mol. The van der Waals surface area contributed by atoms with Crippen LogP contribution in [0.25, 0.3) is 0 Å². The standard InChI is InChI=1S/C10H17N3S/c11-3-1-9-7-14-10(13-9)5-8-2-4-12-6-8/h7-8,12H,1-6,11H2. The molecule has 0 aromatic carbocycles. The molecular formula is C10H17N3S. The lowest BCUT2D eigenvalue weighted by Gasteiger charge is -2.03. The van der Waals surface area contributed by atoms with Crippen LogP contribution in [0.3, 0.4) is 0 Å². The minimum Gasteiger partial charge on any atom is -0.330 e. The number of thiazole rings is 1. The van der Waals surface area contributed by atoms with Crippen molar-refractivity contribution >= 4 is 11.3 Å². The Kier molecular flexibility index (Phi) is 3.50. The normalized spacial score (nSPS) is 21.6. The summed E-state index contributed by atoms with van der Waals surface area (Å²) in [4.78, 5) is 4.57. The van der Waals surface area contributed by atoms with E-state index in [1.165, 1.54) is 23.7 Å². The van der Waals surface area contributed by atoms with E-state index in [0.29, 0.717) is 6.54 Å². The summed E-state index contributed by atoms with van der Waals surface area (Å²) in [5, 5.41) is 6.80. The smallest absolute Gasteiger partial charge is 0.0931 e. The Morgan fingerprint density at radius 2 is 2.57 bits per heavy atom. The van der Waals surface area contributed by atoms with Gasteiger partial charge in [-0.1, -0.05) is 0 Å². The maximum atomic E-state index is 5.49. The molecule has 1 aliphatic heterocycles.